The number of carboxylic acid groups (broad SMARTS) is 1. The predicted octanol–water partition coefficient (Wildman–Crippen LogP) is 6.79. The van der Waals surface area contributed by atoms with E-state index in [0.29, 0.717) is 22.6 Å². The van der Waals surface area contributed by atoms with E-state index >= 15 is 0 Å². The number of carboxylic acids is 1. The Morgan fingerprint density at radius 2 is 1.73 bits per heavy atom. The molecule has 1 heterocycles. The second kappa shape index (κ2) is 9.16. The van der Waals surface area contributed by atoms with E-state index in [-0.39, 0.29) is 11.5 Å². The van der Waals surface area contributed by atoms with Gasteiger partial charge < -0.3 is 15.4 Å². The number of anilines is 1. The van der Waals surface area contributed by atoms with E-state index in [1.54, 1.807) is 12.1 Å². The van der Waals surface area contributed by atoms with Gasteiger partial charge in [-0.3, -0.25) is 4.79 Å². The van der Waals surface area contributed by atoms with Gasteiger partial charge in [-0.25, -0.2) is 9.78 Å². The maximum absolute atomic E-state index is 13.5. The van der Waals surface area contributed by atoms with Crippen LogP contribution in [0.3, 0.4) is 0 Å². The smallest absolute Gasteiger partial charge is 0.335 e. The fraction of sp³-hybridized carbons (Fsp3) is 0.452. The van der Waals surface area contributed by atoms with Gasteiger partial charge in [0.2, 0.25) is 0 Å². The van der Waals surface area contributed by atoms with Gasteiger partial charge in [0.1, 0.15) is 11.5 Å². The van der Waals surface area contributed by atoms with Crippen molar-refractivity contribution in [1.82, 2.24) is 9.97 Å². The molecule has 4 fully saturated rings. The van der Waals surface area contributed by atoms with Gasteiger partial charge in [0.05, 0.1) is 5.56 Å². The largest absolute Gasteiger partial charge is 0.478 e. The first-order valence-electron chi connectivity index (χ1n) is 13.6. The summed E-state index contributed by atoms with van der Waals surface area (Å²) in [5, 5.41) is 12.2. The molecule has 4 aliphatic rings. The molecule has 7 rings (SSSR count). The van der Waals surface area contributed by atoms with Gasteiger partial charge in [-0.05, 0) is 118 Å². The predicted molar refractivity (Wildman–Crippen MR) is 144 cm³/mol. The summed E-state index contributed by atoms with van der Waals surface area (Å²) >= 11 is 0. The van der Waals surface area contributed by atoms with Gasteiger partial charge in [0, 0.05) is 16.9 Å². The number of carbonyl (C=O) groups is 2. The summed E-state index contributed by atoms with van der Waals surface area (Å²) in [6.45, 7) is 4.12. The van der Waals surface area contributed by atoms with E-state index in [2.05, 4.69) is 42.3 Å². The van der Waals surface area contributed by atoms with Crippen LogP contribution in [0.1, 0.15) is 82.6 Å². The summed E-state index contributed by atoms with van der Waals surface area (Å²) in [5.74, 6) is 2.06. The molecule has 2 aromatic carbocycles. The lowest BCUT2D eigenvalue weighted by Gasteiger charge is -2.57. The average Bonchev–Trinajstić information content (AvgIpc) is 3.28. The Hall–Kier alpha value is -3.41. The molecule has 3 N–H and O–H groups in total. The number of hydrogen-bond donors (Lipinski definition) is 3. The summed E-state index contributed by atoms with van der Waals surface area (Å²) in [5.41, 5.74) is 5.52. The molecule has 1 aromatic heterocycles. The van der Waals surface area contributed by atoms with E-state index in [9.17, 15) is 14.7 Å². The van der Waals surface area contributed by atoms with Crippen molar-refractivity contribution in [3.05, 3.63) is 70.5 Å². The topological polar surface area (TPSA) is 95.1 Å². The number of rotatable bonds is 7. The van der Waals surface area contributed by atoms with Crippen LogP contribution in [0.4, 0.5) is 5.69 Å². The highest BCUT2D eigenvalue weighted by molar-refractivity contribution is 6.04. The first kappa shape index (κ1) is 24.0. The lowest BCUT2D eigenvalue weighted by atomic mass is 9.48. The standard InChI is InChI=1S/C31H35N3O3/c1-18-6-7-19(2)25(10-18)28-33-26(8-9-31-15-20-11-21(16-31)13-22(12-20)17-31)27(34-28)29(35)32-24-5-3-4-23(14-24)30(36)37/h3-7,10,14,20-22H,8-9,11-13,15-17H2,1-2H3,(H,32,35)(H,33,34)(H,36,37). The number of hydrogen-bond acceptors (Lipinski definition) is 3. The van der Waals surface area contributed by atoms with Gasteiger partial charge in [0.15, 0.2) is 0 Å². The SMILES string of the molecule is Cc1ccc(C)c(-c2nc(C(=O)Nc3cccc(C(=O)O)c3)c(CCC34CC5CC(CC(C5)C3)C4)[nH]2)c1. The fourth-order valence-corrected chi connectivity index (χ4v) is 7.80. The van der Waals surface area contributed by atoms with Crippen LogP contribution < -0.4 is 5.32 Å². The number of amides is 1. The zero-order valence-electron chi connectivity index (χ0n) is 21.6. The number of aromatic carboxylic acids is 1. The Kier molecular flexibility index (Phi) is 5.93. The number of nitrogens with one attached hydrogen (secondary N) is 2. The number of aromatic amines is 1. The van der Waals surface area contributed by atoms with Crippen LogP contribution in [0.2, 0.25) is 0 Å². The van der Waals surface area contributed by atoms with E-state index in [1.807, 2.05) is 0 Å². The van der Waals surface area contributed by atoms with Crippen molar-refractivity contribution in [3.63, 3.8) is 0 Å². The molecule has 4 aliphatic carbocycles. The molecule has 1 amide bonds. The van der Waals surface area contributed by atoms with E-state index < -0.39 is 5.97 Å². The average molecular weight is 498 g/mol. The molecule has 4 bridgehead atoms. The van der Waals surface area contributed by atoms with Crippen molar-refractivity contribution in [2.75, 3.05) is 5.32 Å². The molecule has 0 saturated heterocycles. The molecular formula is C31H35N3O3. The van der Waals surface area contributed by atoms with E-state index in [4.69, 9.17) is 4.98 Å². The molecule has 0 atom stereocenters. The molecule has 37 heavy (non-hydrogen) atoms. The summed E-state index contributed by atoms with van der Waals surface area (Å²) in [7, 11) is 0. The summed E-state index contributed by atoms with van der Waals surface area (Å²) < 4.78 is 0. The summed E-state index contributed by atoms with van der Waals surface area (Å²) in [6.07, 6.45) is 10.1. The monoisotopic (exact) mass is 497 g/mol. The Balaban J connectivity index is 1.30. The zero-order valence-corrected chi connectivity index (χ0v) is 21.6. The van der Waals surface area contributed by atoms with Gasteiger partial charge in [-0.1, -0.05) is 23.8 Å². The first-order chi connectivity index (χ1) is 17.8. The second-order valence-corrected chi connectivity index (χ2v) is 12.0. The number of imidazole rings is 1. The Bertz CT molecular complexity index is 1340. The molecule has 192 valence electrons. The van der Waals surface area contributed by atoms with Crippen LogP contribution in [-0.2, 0) is 6.42 Å². The molecule has 6 nitrogen and oxygen atoms in total. The van der Waals surface area contributed by atoms with Crippen molar-refractivity contribution >= 4 is 17.6 Å². The lowest BCUT2D eigenvalue weighted by molar-refractivity contribution is -0.0570. The second-order valence-electron chi connectivity index (χ2n) is 12.0. The van der Waals surface area contributed by atoms with Crippen LogP contribution >= 0.6 is 0 Å². The lowest BCUT2D eigenvalue weighted by Crippen LogP contribution is -2.46. The molecule has 3 aromatic rings. The van der Waals surface area contributed by atoms with Crippen molar-refractivity contribution in [2.45, 2.75) is 65.2 Å². The fourth-order valence-electron chi connectivity index (χ4n) is 7.80. The molecule has 4 saturated carbocycles. The number of carbonyl (C=O) groups excluding carboxylic acids is 1. The van der Waals surface area contributed by atoms with Gasteiger partial charge in [-0.15, -0.1) is 0 Å². The highest BCUT2D eigenvalue weighted by atomic mass is 16.4. The summed E-state index contributed by atoms with van der Waals surface area (Å²) in [4.78, 5) is 33.2. The minimum absolute atomic E-state index is 0.137. The molecule has 0 spiro atoms. The maximum atomic E-state index is 13.5. The van der Waals surface area contributed by atoms with Crippen molar-refractivity contribution in [3.8, 4) is 11.4 Å². The van der Waals surface area contributed by atoms with Crippen LogP contribution in [0.15, 0.2) is 42.5 Å². The third-order valence-electron chi connectivity index (χ3n) is 9.08. The third kappa shape index (κ3) is 4.70. The quantitative estimate of drug-likeness (QED) is 0.335. The van der Waals surface area contributed by atoms with Gasteiger partial charge in [-0.2, -0.15) is 0 Å². The number of aryl methyl sites for hydroxylation is 3. The third-order valence-corrected chi connectivity index (χ3v) is 9.08. The van der Waals surface area contributed by atoms with Crippen molar-refractivity contribution < 1.29 is 14.7 Å². The summed E-state index contributed by atoms with van der Waals surface area (Å²) in [6, 6.07) is 12.6. The number of nitrogens with zero attached hydrogens (tertiary/aromatic N) is 1. The number of aromatic nitrogens is 2. The molecule has 6 heteroatoms. The maximum Gasteiger partial charge on any atom is 0.335 e. The van der Waals surface area contributed by atoms with E-state index in [0.717, 1.165) is 53.0 Å². The number of benzene rings is 2. The Morgan fingerprint density at radius 1 is 1.03 bits per heavy atom. The minimum Gasteiger partial charge on any atom is -0.478 e. The first-order valence-corrected chi connectivity index (χ1v) is 13.6. The van der Waals surface area contributed by atoms with Crippen LogP contribution in [0.25, 0.3) is 11.4 Å². The van der Waals surface area contributed by atoms with Gasteiger partial charge >= 0.3 is 5.97 Å². The van der Waals surface area contributed by atoms with Crippen LogP contribution in [-0.4, -0.2) is 27.0 Å². The zero-order chi connectivity index (χ0) is 25.7. The molecular weight excluding hydrogens is 462 g/mol. The Morgan fingerprint density at radius 3 is 2.41 bits per heavy atom. The number of H-pyrrole nitrogens is 1. The highest BCUT2D eigenvalue weighted by Gasteiger charge is 2.50. The Labute approximate surface area is 217 Å². The van der Waals surface area contributed by atoms with Crippen molar-refractivity contribution in [2.24, 2.45) is 23.2 Å². The van der Waals surface area contributed by atoms with Crippen molar-refractivity contribution in [1.29, 1.82) is 0 Å². The normalized spacial score (nSPS) is 25.8. The van der Waals surface area contributed by atoms with Crippen LogP contribution in [0, 0.1) is 37.0 Å². The molecule has 0 radical (unpaired) electrons. The van der Waals surface area contributed by atoms with Gasteiger partial charge in [0.25, 0.3) is 5.91 Å². The minimum atomic E-state index is -1.02. The van der Waals surface area contributed by atoms with E-state index in [1.165, 1.54) is 50.7 Å². The highest BCUT2D eigenvalue weighted by Crippen LogP contribution is 2.61. The molecule has 0 unspecified atom stereocenters. The molecule has 0 aliphatic heterocycles. The van der Waals surface area contributed by atoms with Crippen LogP contribution in [0.5, 0.6) is 0 Å².